The zero-order chi connectivity index (χ0) is 8.93. The van der Waals surface area contributed by atoms with Gasteiger partial charge in [0.1, 0.15) is 0 Å². The highest BCUT2D eigenvalue weighted by molar-refractivity contribution is 7.99. The van der Waals surface area contributed by atoms with E-state index in [2.05, 4.69) is 15.6 Å². The quantitative estimate of drug-likeness (QED) is 0.759. The van der Waals surface area contributed by atoms with E-state index in [0.29, 0.717) is 6.04 Å². The van der Waals surface area contributed by atoms with Crippen molar-refractivity contribution < 1.29 is 0 Å². The first-order valence-electron chi connectivity index (χ1n) is 4.60. The van der Waals surface area contributed by atoms with Gasteiger partial charge in [-0.1, -0.05) is 5.21 Å². The molecule has 1 saturated heterocycles. The predicted octanol–water partition coefficient (Wildman–Crippen LogP) is 0.373. The Morgan fingerprint density at radius 1 is 1.62 bits per heavy atom. The Kier molecular flexibility index (Phi) is 3.21. The number of rotatable bonds is 4. The lowest BCUT2D eigenvalue weighted by atomic mass is 10.3. The molecule has 1 fully saturated rings. The van der Waals surface area contributed by atoms with Crippen molar-refractivity contribution in [1.29, 1.82) is 0 Å². The molecule has 13 heavy (non-hydrogen) atoms. The van der Waals surface area contributed by atoms with Crippen LogP contribution in [0.25, 0.3) is 0 Å². The van der Waals surface area contributed by atoms with E-state index in [1.807, 2.05) is 22.6 Å². The highest BCUT2D eigenvalue weighted by Gasteiger charge is 2.13. The van der Waals surface area contributed by atoms with E-state index < -0.39 is 0 Å². The van der Waals surface area contributed by atoms with Crippen LogP contribution in [0.15, 0.2) is 12.4 Å². The van der Waals surface area contributed by atoms with Gasteiger partial charge in [-0.2, -0.15) is 11.8 Å². The first kappa shape index (κ1) is 9.02. The summed E-state index contributed by atoms with van der Waals surface area (Å²) < 4.78 is 1.86. The molecule has 0 aliphatic carbocycles. The fourth-order valence-electron chi connectivity index (χ4n) is 1.43. The van der Waals surface area contributed by atoms with Gasteiger partial charge in [-0.3, -0.25) is 4.68 Å². The number of thioether (sulfide) groups is 1. The fraction of sp³-hybridized carbons (Fsp3) is 0.750. The van der Waals surface area contributed by atoms with Gasteiger partial charge in [0.15, 0.2) is 0 Å². The number of hydrogen-bond donors (Lipinski definition) is 1. The van der Waals surface area contributed by atoms with Crippen molar-refractivity contribution in [3.63, 3.8) is 0 Å². The summed E-state index contributed by atoms with van der Waals surface area (Å²) >= 11 is 2.03. The topological polar surface area (TPSA) is 42.7 Å². The highest BCUT2D eigenvalue weighted by atomic mass is 32.2. The Hall–Kier alpha value is -0.550. The Balaban J connectivity index is 1.63. The molecule has 4 nitrogen and oxygen atoms in total. The Bertz CT molecular complexity index is 230. The Morgan fingerprint density at radius 3 is 3.31 bits per heavy atom. The van der Waals surface area contributed by atoms with Crippen LogP contribution >= 0.6 is 11.8 Å². The first-order chi connectivity index (χ1) is 6.45. The minimum Gasteiger partial charge on any atom is -0.311 e. The molecule has 0 saturated carbocycles. The van der Waals surface area contributed by atoms with E-state index in [4.69, 9.17) is 0 Å². The fourth-order valence-corrected chi connectivity index (χ4v) is 2.62. The van der Waals surface area contributed by atoms with Gasteiger partial charge < -0.3 is 5.32 Å². The van der Waals surface area contributed by atoms with Crippen LogP contribution < -0.4 is 5.32 Å². The van der Waals surface area contributed by atoms with Gasteiger partial charge in [0.2, 0.25) is 0 Å². The highest BCUT2D eigenvalue weighted by Crippen LogP contribution is 2.16. The molecule has 2 heterocycles. The molecule has 0 aromatic carbocycles. The van der Waals surface area contributed by atoms with Crippen LogP contribution in [0.1, 0.15) is 6.42 Å². The third-order valence-electron chi connectivity index (χ3n) is 2.18. The smallest absolute Gasteiger partial charge is 0.0692 e. The summed E-state index contributed by atoms with van der Waals surface area (Å²) in [7, 11) is 0. The summed E-state index contributed by atoms with van der Waals surface area (Å²) in [6.07, 6.45) is 4.92. The van der Waals surface area contributed by atoms with Crippen molar-refractivity contribution in [1.82, 2.24) is 20.3 Å². The van der Waals surface area contributed by atoms with Crippen LogP contribution in [0.4, 0.5) is 0 Å². The molecule has 1 aliphatic rings. The van der Waals surface area contributed by atoms with Crippen LogP contribution in [-0.4, -0.2) is 39.1 Å². The van der Waals surface area contributed by atoms with Crippen LogP contribution in [0.2, 0.25) is 0 Å². The molecule has 0 radical (unpaired) electrons. The number of nitrogens with zero attached hydrogens (tertiary/aromatic N) is 3. The Morgan fingerprint density at radius 2 is 2.62 bits per heavy atom. The van der Waals surface area contributed by atoms with Gasteiger partial charge in [0, 0.05) is 24.5 Å². The van der Waals surface area contributed by atoms with Crippen molar-refractivity contribution in [3.05, 3.63) is 12.4 Å². The number of hydrogen-bond acceptors (Lipinski definition) is 4. The van der Waals surface area contributed by atoms with Gasteiger partial charge in [-0.25, -0.2) is 0 Å². The molecule has 0 bridgehead atoms. The maximum atomic E-state index is 3.90. The van der Waals surface area contributed by atoms with Crippen molar-refractivity contribution in [2.24, 2.45) is 0 Å². The second kappa shape index (κ2) is 4.62. The van der Waals surface area contributed by atoms with E-state index >= 15 is 0 Å². The van der Waals surface area contributed by atoms with Crippen LogP contribution in [0, 0.1) is 0 Å². The molecule has 1 N–H and O–H groups in total. The number of nitrogens with one attached hydrogen (secondary N) is 1. The summed E-state index contributed by atoms with van der Waals surface area (Å²) in [6, 6.07) is 0.716. The zero-order valence-electron chi connectivity index (χ0n) is 7.52. The molecule has 72 valence electrons. The molecule has 1 aliphatic heterocycles. The van der Waals surface area contributed by atoms with Crippen molar-refractivity contribution >= 4 is 11.8 Å². The molecular weight excluding hydrogens is 184 g/mol. The van der Waals surface area contributed by atoms with E-state index in [1.165, 1.54) is 17.9 Å². The molecule has 2 rings (SSSR count). The molecule has 0 amide bonds. The predicted molar refractivity (Wildman–Crippen MR) is 53.8 cm³/mol. The van der Waals surface area contributed by atoms with Crippen molar-refractivity contribution in [3.8, 4) is 0 Å². The largest absolute Gasteiger partial charge is 0.311 e. The van der Waals surface area contributed by atoms with Gasteiger partial charge in [0.25, 0.3) is 0 Å². The Labute approximate surface area is 82.1 Å². The van der Waals surface area contributed by atoms with E-state index in [1.54, 1.807) is 6.20 Å². The first-order valence-corrected chi connectivity index (χ1v) is 5.76. The summed E-state index contributed by atoms with van der Waals surface area (Å²) in [4.78, 5) is 0. The molecule has 1 aromatic heterocycles. The normalized spacial score (nSPS) is 22.3. The van der Waals surface area contributed by atoms with Gasteiger partial charge in [-0.05, 0) is 12.2 Å². The van der Waals surface area contributed by atoms with Gasteiger partial charge >= 0.3 is 0 Å². The molecule has 1 unspecified atom stereocenters. The maximum Gasteiger partial charge on any atom is 0.0692 e. The van der Waals surface area contributed by atoms with E-state index in [9.17, 15) is 0 Å². The SMILES string of the molecule is c1cn(CCNC2CCSC2)nn1. The maximum absolute atomic E-state index is 3.90. The lowest BCUT2D eigenvalue weighted by Gasteiger charge is -2.10. The summed E-state index contributed by atoms with van der Waals surface area (Å²) in [6.45, 7) is 1.91. The van der Waals surface area contributed by atoms with E-state index in [0.717, 1.165) is 13.1 Å². The van der Waals surface area contributed by atoms with Gasteiger partial charge in [-0.15, -0.1) is 5.10 Å². The lowest BCUT2D eigenvalue weighted by molar-refractivity contribution is 0.493. The minimum atomic E-state index is 0.716. The third kappa shape index (κ3) is 2.70. The summed E-state index contributed by atoms with van der Waals surface area (Å²) in [5, 5.41) is 11.2. The summed E-state index contributed by atoms with van der Waals surface area (Å²) in [5.74, 6) is 2.57. The average Bonchev–Trinajstić information content (AvgIpc) is 2.75. The molecule has 1 aromatic rings. The van der Waals surface area contributed by atoms with Crippen molar-refractivity contribution in [2.75, 3.05) is 18.1 Å². The molecular formula is C8H14N4S. The van der Waals surface area contributed by atoms with Crippen LogP contribution in [0.3, 0.4) is 0 Å². The van der Waals surface area contributed by atoms with E-state index in [-0.39, 0.29) is 0 Å². The van der Waals surface area contributed by atoms with Crippen LogP contribution in [-0.2, 0) is 6.54 Å². The lowest BCUT2D eigenvalue weighted by Crippen LogP contribution is -2.31. The zero-order valence-corrected chi connectivity index (χ0v) is 8.33. The average molecular weight is 198 g/mol. The van der Waals surface area contributed by atoms with Gasteiger partial charge in [0.05, 0.1) is 12.7 Å². The molecule has 0 spiro atoms. The summed E-state index contributed by atoms with van der Waals surface area (Å²) in [5.41, 5.74) is 0. The van der Waals surface area contributed by atoms with Crippen LogP contribution in [0.5, 0.6) is 0 Å². The van der Waals surface area contributed by atoms with Crippen molar-refractivity contribution in [2.45, 2.75) is 19.0 Å². The molecule has 5 heteroatoms. The third-order valence-corrected chi connectivity index (χ3v) is 3.34. The standard InChI is InChI=1S/C8H14N4S/c1-6-13-7-8(1)9-2-4-12-5-3-10-11-12/h3,5,8-9H,1-2,4,6-7H2. The monoisotopic (exact) mass is 198 g/mol. The second-order valence-corrected chi connectivity index (χ2v) is 4.33. The number of aromatic nitrogens is 3. The molecule has 1 atom stereocenters. The second-order valence-electron chi connectivity index (χ2n) is 3.18. The minimum absolute atomic E-state index is 0.716.